The van der Waals surface area contributed by atoms with E-state index in [0.29, 0.717) is 16.8 Å². The highest BCUT2D eigenvalue weighted by molar-refractivity contribution is 6.05. The molecule has 0 saturated carbocycles. The summed E-state index contributed by atoms with van der Waals surface area (Å²) in [6.45, 7) is 5.37. The van der Waals surface area contributed by atoms with Crippen LogP contribution >= 0.6 is 0 Å². The van der Waals surface area contributed by atoms with Gasteiger partial charge in [0.05, 0.1) is 23.4 Å². The van der Waals surface area contributed by atoms with E-state index in [-0.39, 0.29) is 17.9 Å². The number of nitrogens with one attached hydrogen (secondary N) is 1. The summed E-state index contributed by atoms with van der Waals surface area (Å²) in [6.07, 6.45) is 2.92. The van der Waals surface area contributed by atoms with Crippen molar-refractivity contribution < 1.29 is 14.8 Å². The van der Waals surface area contributed by atoms with Crippen molar-refractivity contribution in [3.8, 4) is 0 Å². The molecule has 24 heavy (non-hydrogen) atoms. The van der Waals surface area contributed by atoms with Crippen LogP contribution in [0.25, 0.3) is 0 Å². The molecular formula is C17H19N3O4. The molecule has 0 radical (unpaired) electrons. The summed E-state index contributed by atoms with van der Waals surface area (Å²) >= 11 is 0. The van der Waals surface area contributed by atoms with Crippen LogP contribution in [0.1, 0.15) is 42.3 Å². The van der Waals surface area contributed by atoms with Crippen LogP contribution < -0.4 is 5.32 Å². The Balaban J connectivity index is 2.37. The van der Waals surface area contributed by atoms with Crippen LogP contribution in [0, 0.1) is 10.1 Å². The standard InChI is InChI=1S/C17H19N3O4/c1-17(2,3)13-5-4-11(8-15(13)20(23)24)16(22)19-14-9-18-7-6-12(14)10-21/h4-9,21H,10H2,1-3H3,(H,19,22). The van der Waals surface area contributed by atoms with Gasteiger partial charge in [0.15, 0.2) is 0 Å². The molecule has 0 unspecified atom stereocenters. The SMILES string of the molecule is CC(C)(C)c1ccc(C(=O)Nc2cnccc2CO)cc1[N+](=O)[O-]. The van der Waals surface area contributed by atoms with Gasteiger partial charge >= 0.3 is 0 Å². The molecule has 0 bridgehead atoms. The van der Waals surface area contributed by atoms with Gasteiger partial charge in [0, 0.05) is 29.0 Å². The summed E-state index contributed by atoms with van der Waals surface area (Å²) in [7, 11) is 0. The van der Waals surface area contributed by atoms with Crippen molar-refractivity contribution in [2.75, 3.05) is 5.32 Å². The van der Waals surface area contributed by atoms with Gasteiger partial charge in [-0.2, -0.15) is 0 Å². The van der Waals surface area contributed by atoms with Gasteiger partial charge < -0.3 is 10.4 Å². The second-order valence-corrected chi connectivity index (χ2v) is 6.38. The average molecular weight is 329 g/mol. The first-order chi connectivity index (χ1) is 11.2. The molecule has 126 valence electrons. The zero-order valence-corrected chi connectivity index (χ0v) is 13.7. The second kappa shape index (κ2) is 6.76. The Bertz CT molecular complexity index is 782. The molecule has 0 aliphatic heterocycles. The number of amides is 1. The minimum atomic E-state index is -0.499. The Morgan fingerprint density at radius 2 is 2.04 bits per heavy atom. The summed E-state index contributed by atoms with van der Waals surface area (Å²) in [5.41, 5.74) is 1.10. The van der Waals surface area contributed by atoms with Crippen molar-refractivity contribution in [2.24, 2.45) is 0 Å². The predicted molar refractivity (Wildman–Crippen MR) is 89.9 cm³/mol. The van der Waals surface area contributed by atoms with Crippen LogP contribution in [0.15, 0.2) is 36.7 Å². The molecule has 2 rings (SSSR count). The third kappa shape index (κ3) is 3.75. The Hall–Kier alpha value is -2.80. The number of anilines is 1. The maximum Gasteiger partial charge on any atom is 0.273 e. The number of aliphatic hydroxyl groups excluding tert-OH is 1. The number of nitro groups is 1. The van der Waals surface area contributed by atoms with Crippen molar-refractivity contribution in [1.29, 1.82) is 0 Å². The molecule has 7 nitrogen and oxygen atoms in total. The van der Waals surface area contributed by atoms with Gasteiger partial charge in [0.1, 0.15) is 0 Å². The Morgan fingerprint density at radius 3 is 2.62 bits per heavy atom. The van der Waals surface area contributed by atoms with Crippen molar-refractivity contribution in [3.05, 3.63) is 63.5 Å². The van der Waals surface area contributed by atoms with E-state index < -0.39 is 16.2 Å². The summed E-state index contributed by atoms with van der Waals surface area (Å²) in [5.74, 6) is -0.499. The highest BCUT2D eigenvalue weighted by atomic mass is 16.6. The van der Waals surface area contributed by atoms with Gasteiger partial charge in [-0.05, 0) is 17.5 Å². The van der Waals surface area contributed by atoms with Gasteiger partial charge in [-0.15, -0.1) is 0 Å². The molecule has 1 aromatic carbocycles. The van der Waals surface area contributed by atoms with Gasteiger partial charge in [0.2, 0.25) is 0 Å². The van der Waals surface area contributed by atoms with Crippen molar-refractivity contribution in [2.45, 2.75) is 32.8 Å². The van der Waals surface area contributed by atoms with E-state index in [1.54, 1.807) is 18.2 Å². The summed E-state index contributed by atoms with van der Waals surface area (Å²) < 4.78 is 0. The lowest BCUT2D eigenvalue weighted by atomic mass is 9.85. The van der Waals surface area contributed by atoms with Crippen molar-refractivity contribution >= 4 is 17.3 Å². The molecule has 0 spiro atoms. The van der Waals surface area contributed by atoms with Crippen LogP contribution in [-0.2, 0) is 12.0 Å². The van der Waals surface area contributed by atoms with E-state index in [1.165, 1.54) is 18.5 Å². The van der Waals surface area contributed by atoms with Crippen molar-refractivity contribution in [1.82, 2.24) is 4.98 Å². The number of aliphatic hydroxyl groups is 1. The second-order valence-electron chi connectivity index (χ2n) is 6.38. The number of benzene rings is 1. The van der Waals surface area contributed by atoms with Gasteiger partial charge in [-0.3, -0.25) is 19.9 Å². The zero-order chi connectivity index (χ0) is 17.9. The number of hydrogen-bond acceptors (Lipinski definition) is 5. The number of aromatic nitrogens is 1. The lowest BCUT2D eigenvalue weighted by Gasteiger charge is -2.19. The number of hydrogen-bond donors (Lipinski definition) is 2. The third-order valence-electron chi connectivity index (χ3n) is 3.59. The molecule has 2 N–H and O–H groups in total. The highest BCUT2D eigenvalue weighted by Gasteiger charge is 2.26. The molecule has 2 aromatic rings. The van der Waals surface area contributed by atoms with Gasteiger partial charge in [-0.25, -0.2) is 0 Å². The largest absolute Gasteiger partial charge is 0.392 e. The average Bonchev–Trinajstić information content (AvgIpc) is 2.53. The minimum absolute atomic E-state index is 0.0938. The normalized spacial score (nSPS) is 11.2. The molecule has 1 amide bonds. The van der Waals surface area contributed by atoms with Crippen LogP contribution in [0.3, 0.4) is 0 Å². The van der Waals surface area contributed by atoms with E-state index in [9.17, 15) is 20.0 Å². The Kier molecular flexibility index (Phi) is 4.94. The molecule has 0 saturated heterocycles. The molecular weight excluding hydrogens is 310 g/mol. The fourth-order valence-corrected chi connectivity index (χ4v) is 2.33. The smallest absolute Gasteiger partial charge is 0.273 e. The molecule has 0 aliphatic carbocycles. The lowest BCUT2D eigenvalue weighted by molar-refractivity contribution is -0.386. The number of nitro benzene ring substituents is 1. The fourth-order valence-electron chi connectivity index (χ4n) is 2.33. The number of nitrogens with zero attached hydrogens (tertiary/aromatic N) is 2. The molecule has 0 atom stereocenters. The summed E-state index contributed by atoms with van der Waals surface area (Å²) in [5, 5.41) is 23.2. The van der Waals surface area contributed by atoms with Crippen LogP contribution in [0.2, 0.25) is 0 Å². The zero-order valence-electron chi connectivity index (χ0n) is 13.7. The van der Waals surface area contributed by atoms with E-state index >= 15 is 0 Å². The maximum atomic E-state index is 12.4. The topological polar surface area (TPSA) is 105 Å². The fraction of sp³-hybridized carbons (Fsp3) is 0.294. The first-order valence-corrected chi connectivity index (χ1v) is 7.38. The third-order valence-corrected chi connectivity index (χ3v) is 3.59. The van der Waals surface area contributed by atoms with Crippen molar-refractivity contribution in [3.63, 3.8) is 0 Å². The summed E-state index contributed by atoms with van der Waals surface area (Å²) in [4.78, 5) is 27.1. The molecule has 1 heterocycles. The number of carbonyl (C=O) groups is 1. The van der Waals surface area contributed by atoms with Gasteiger partial charge in [0.25, 0.3) is 11.6 Å². The lowest BCUT2D eigenvalue weighted by Crippen LogP contribution is -2.17. The monoisotopic (exact) mass is 329 g/mol. The molecule has 0 fully saturated rings. The predicted octanol–water partition coefficient (Wildman–Crippen LogP) is 3.03. The number of pyridine rings is 1. The van der Waals surface area contributed by atoms with E-state index in [2.05, 4.69) is 10.3 Å². The number of carbonyl (C=O) groups excluding carboxylic acids is 1. The number of rotatable bonds is 4. The van der Waals surface area contributed by atoms with Crippen LogP contribution in [0.4, 0.5) is 11.4 Å². The van der Waals surface area contributed by atoms with E-state index in [1.807, 2.05) is 20.8 Å². The van der Waals surface area contributed by atoms with Gasteiger partial charge in [-0.1, -0.05) is 26.8 Å². The highest BCUT2D eigenvalue weighted by Crippen LogP contribution is 2.32. The molecule has 1 aromatic heterocycles. The first-order valence-electron chi connectivity index (χ1n) is 7.38. The van der Waals surface area contributed by atoms with E-state index in [4.69, 9.17) is 0 Å². The molecule has 0 aliphatic rings. The van der Waals surface area contributed by atoms with E-state index in [0.717, 1.165) is 0 Å². The quantitative estimate of drug-likeness (QED) is 0.662. The minimum Gasteiger partial charge on any atom is -0.392 e. The van der Waals surface area contributed by atoms with Crippen LogP contribution in [0.5, 0.6) is 0 Å². The summed E-state index contributed by atoms with van der Waals surface area (Å²) in [6, 6.07) is 6.01. The van der Waals surface area contributed by atoms with Crippen LogP contribution in [-0.4, -0.2) is 20.9 Å². The Labute approximate surface area is 139 Å². The maximum absolute atomic E-state index is 12.4. The first kappa shape index (κ1) is 17.6. The molecule has 7 heteroatoms. The Morgan fingerprint density at radius 1 is 1.33 bits per heavy atom.